The zero-order chi connectivity index (χ0) is 19.3. The van der Waals surface area contributed by atoms with Crippen LogP contribution in [0.1, 0.15) is 18.1 Å². The van der Waals surface area contributed by atoms with E-state index in [9.17, 15) is 13.2 Å². The highest BCUT2D eigenvalue weighted by atomic mass is 32.2. The largest absolute Gasteiger partial charge is 0.495 e. The molecule has 2 aromatic rings. The van der Waals surface area contributed by atoms with Crippen LogP contribution in [0.4, 0.5) is 16.2 Å². The molecule has 0 heterocycles. The predicted octanol–water partition coefficient (Wildman–Crippen LogP) is 3.68. The van der Waals surface area contributed by atoms with Crippen LogP contribution in [0.25, 0.3) is 0 Å². The summed E-state index contributed by atoms with van der Waals surface area (Å²) in [5.74, 6) is 0.322. The second-order valence-electron chi connectivity index (χ2n) is 5.61. The van der Waals surface area contributed by atoms with Crippen molar-refractivity contribution in [2.75, 3.05) is 23.8 Å². The topological polar surface area (TPSA) is 93.7 Å². The van der Waals surface area contributed by atoms with Gasteiger partial charge < -0.3 is 9.47 Å². The molecule has 0 atom stereocenters. The average molecular weight is 378 g/mol. The molecule has 0 saturated heterocycles. The van der Waals surface area contributed by atoms with E-state index < -0.39 is 16.1 Å². The van der Waals surface area contributed by atoms with E-state index in [1.54, 1.807) is 19.1 Å². The number of aryl methyl sites for hydroxylation is 2. The number of hydrogen-bond acceptors (Lipinski definition) is 5. The summed E-state index contributed by atoms with van der Waals surface area (Å²) < 4.78 is 37.8. The highest BCUT2D eigenvalue weighted by Crippen LogP contribution is 2.29. The van der Waals surface area contributed by atoms with Crippen molar-refractivity contribution in [3.8, 4) is 5.75 Å². The van der Waals surface area contributed by atoms with Crippen LogP contribution in [0, 0.1) is 13.8 Å². The molecule has 8 heteroatoms. The van der Waals surface area contributed by atoms with E-state index in [1.807, 2.05) is 19.9 Å². The van der Waals surface area contributed by atoms with Crippen LogP contribution in [0.5, 0.6) is 5.75 Å². The summed E-state index contributed by atoms with van der Waals surface area (Å²) in [6, 6.07) is 9.48. The molecule has 0 fully saturated rings. The van der Waals surface area contributed by atoms with Crippen molar-refractivity contribution in [2.24, 2.45) is 0 Å². The van der Waals surface area contributed by atoms with E-state index in [-0.39, 0.29) is 17.2 Å². The number of carbonyl (C=O) groups excluding carboxylic acids is 1. The third kappa shape index (κ3) is 4.66. The fraction of sp³-hybridized carbons (Fsp3) is 0.278. The lowest BCUT2D eigenvalue weighted by Crippen LogP contribution is -2.16. The molecule has 0 unspecified atom stereocenters. The molecule has 0 aliphatic carbocycles. The van der Waals surface area contributed by atoms with Gasteiger partial charge in [0.1, 0.15) is 5.75 Å². The summed E-state index contributed by atoms with van der Waals surface area (Å²) in [4.78, 5) is 11.6. The molecule has 0 radical (unpaired) electrons. The molecule has 2 N–H and O–H groups in total. The Morgan fingerprint density at radius 1 is 1.08 bits per heavy atom. The first-order valence-electron chi connectivity index (χ1n) is 7.98. The lowest BCUT2D eigenvalue weighted by atomic mass is 10.1. The third-order valence-electron chi connectivity index (χ3n) is 3.75. The number of ether oxygens (including phenoxy) is 2. The number of methoxy groups -OCH3 is 1. The first-order chi connectivity index (χ1) is 12.3. The van der Waals surface area contributed by atoms with Crippen molar-refractivity contribution >= 4 is 27.5 Å². The molecule has 2 rings (SSSR count). The Bertz CT molecular complexity index is 910. The number of nitrogens with one attached hydrogen (secondary N) is 2. The van der Waals surface area contributed by atoms with Crippen LogP contribution >= 0.6 is 0 Å². The van der Waals surface area contributed by atoms with Gasteiger partial charge in [-0.2, -0.15) is 0 Å². The van der Waals surface area contributed by atoms with Gasteiger partial charge in [-0.3, -0.25) is 10.0 Å². The Balaban J connectivity index is 2.33. The second-order valence-corrected chi connectivity index (χ2v) is 7.29. The van der Waals surface area contributed by atoms with E-state index in [4.69, 9.17) is 9.47 Å². The normalized spacial score (nSPS) is 10.9. The van der Waals surface area contributed by atoms with Gasteiger partial charge in [0, 0.05) is 5.69 Å². The quantitative estimate of drug-likeness (QED) is 0.800. The van der Waals surface area contributed by atoms with Gasteiger partial charge in [-0.15, -0.1) is 0 Å². The molecule has 7 nitrogen and oxygen atoms in total. The molecule has 140 valence electrons. The van der Waals surface area contributed by atoms with Crippen molar-refractivity contribution in [1.29, 1.82) is 0 Å². The standard InChI is InChI=1S/C18H22N2O5S/c1-5-25-18(21)19-16-11-15(8-9-17(16)24-4)26(22,23)20-14-7-6-12(2)13(3)10-14/h6-11,20H,5H2,1-4H3,(H,19,21). The van der Waals surface area contributed by atoms with Crippen LogP contribution in [0.2, 0.25) is 0 Å². The smallest absolute Gasteiger partial charge is 0.411 e. The minimum Gasteiger partial charge on any atom is -0.495 e. The van der Waals surface area contributed by atoms with Crippen LogP contribution in [0.15, 0.2) is 41.3 Å². The maximum absolute atomic E-state index is 12.7. The van der Waals surface area contributed by atoms with E-state index in [0.717, 1.165) is 11.1 Å². The van der Waals surface area contributed by atoms with Gasteiger partial charge in [0.2, 0.25) is 0 Å². The molecule has 2 aromatic carbocycles. The summed E-state index contributed by atoms with van der Waals surface area (Å²) in [6.07, 6.45) is -0.692. The van der Waals surface area contributed by atoms with Crippen molar-refractivity contribution in [2.45, 2.75) is 25.7 Å². The number of benzene rings is 2. The second kappa shape index (κ2) is 8.09. The van der Waals surface area contributed by atoms with Gasteiger partial charge in [0.25, 0.3) is 10.0 Å². The third-order valence-corrected chi connectivity index (χ3v) is 5.13. The highest BCUT2D eigenvalue weighted by molar-refractivity contribution is 7.92. The Kier molecular flexibility index (Phi) is 6.10. The van der Waals surface area contributed by atoms with Crippen LogP contribution in [0.3, 0.4) is 0 Å². The molecular formula is C18H22N2O5S. The van der Waals surface area contributed by atoms with Crippen molar-refractivity contribution in [3.05, 3.63) is 47.5 Å². The maximum atomic E-state index is 12.7. The summed E-state index contributed by atoms with van der Waals surface area (Å²) in [5.41, 5.74) is 2.71. The van der Waals surface area contributed by atoms with E-state index >= 15 is 0 Å². The Morgan fingerprint density at radius 2 is 1.81 bits per heavy atom. The minimum absolute atomic E-state index is 0.0108. The Morgan fingerprint density at radius 3 is 2.42 bits per heavy atom. The molecule has 0 bridgehead atoms. The van der Waals surface area contributed by atoms with Gasteiger partial charge in [-0.25, -0.2) is 13.2 Å². The van der Waals surface area contributed by atoms with Crippen LogP contribution in [-0.2, 0) is 14.8 Å². The van der Waals surface area contributed by atoms with E-state index in [2.05, 4.69) is 10.0 Å². The van der Waals surface area contributed by atoms with Gasteiger partial charge in [0.05, 0.1) is 24.3 Å². The monoisotopic (exact) mass is 378 g/mol. The van der Waals surface area contributed by atoms with Gasteiger partial charge in [0.15, 0.2) is 0 Å². The zero-order valence-electron chi connectivity index (χ0n) is 15.1. The van der Waals surface area contributed by atoms with E-state index in [0.29, 0.717) is 11.4 Å². The molecule has 26 heavy (non-hydrogen) atoms. The van der Waals surface area contributed by atoms with E-state index in [1.165, 1.54) is 25.3 Å². The summed E-state index contributed by atoms with van der Waals surface area (Å²) in [5, 5.41) is 2.48. The number of rotatable bonds is 6. The number of anilines is 2. The lowest BCUT2D eigenvalue weighted by molar-refractivity contribution is 0.168. The molecule has 0 aliphatic heterocycles. The van der Waals surface area contributed by atoms with Crippen molar-refractivity contribution < 1.29 is 22.7 Å². The van der Waals surface area contributed by atoms with Crippen LogP contribution in [-0.4, -0.2) is 28.2 Å². The number of amides is 1. The fourth-order valence-electron chi connectivity index (χ4n) is 2.25. The molecule has 1 amide bonds. The maximum Gasteiger partial charge on any atom is 0.411 e. The van der Waals surface area contributed by atoms with Crippen LogP contribution < -0.4 is 14.8 Å². The van der Waals surface area contributed by atoms with Gasteiger partial charge in [-0.05, 0) is 62.2 Å². The Labute approximate surface area is 153 Å². The minimum atomic E-state index is -3.84. The number of hydrogen-bond donors (Lipinski definition) is 2. The first kappa shape index (κ1) is 19.6. The van der Waals surface area contributed by atoms with Gasteiger partial charge >= 0.3 is 6.09 Å². The SMILES string of the molecule is CCOC(=O)Nc1cc(S(=O)(=O)Nc2ccc(C)c(C)c2)ccc1OC. The molecular weight excluding hydrogens is 356 g/mol. The first-order valence-corrected chi connectivity index (χ1v) is 9.47. The van der Waals surface area contributed by atoms with Crippen molar-refractivity contribution in [3.63, 3.8) is 0 Å². The summed E-state index contributed by atoms with van der Waals surface area (Å²) in [7, 11) is -2.41. The molecule has 0 aliphatic rings. The highest BCUT2D eigenvalue weighted by Gasteiger charge is 2.18. The fourth-order valence-corrected chi connectivity index (χ4v) is 3.32. The predicted molar refractivity (Wildman–Crippen MR) is 100 cm³/mol. The summed E-state index contributed by atoms with van der Waals surface area (Å²) in [6.45, 7) is 5.72. The molecule has 0 spiro atoms. The zero-order valence-corrected chi connectivity index (χ0v) is 15.9. The number of sulfonamides is 1. The Hall–Kier alpha value is -2.74. The molecule has 0 saturated carbocycles. The van der Waals surface area contributed by atoms with Crippen molar-refractivity contribution in [1.82, 2.24) is 0 Å². The number of carbonyl (C=O) groups is 1. The van der Waals surface area contributed by atoms with Gasteiger partial charge in [-0.1, -0.05) is 6.07 Å². The molecule has 0 aromatic heterocycles. The average Bonchev–Trinajstić information content (AvgIpc) is 2.58. The lowest BCUT2D eigenvalue weighted by Gasteiger charge is -2.14. The summed E-state index contributed by atoms with van der Waals surface area (Å²) >= 11 is 0.